The van der Waals surface area contributed by atoms with Crippen LogP contribution in [-0.2, 0) is 29.4 Å². The smallest absolute Gasteiger partial charge is 0.212 e. The molecule has 0 aliphatic heterocycles. The molecule has 2 aromatic rings. The molecule has 1 saturated carbocycles. The fourth-order valence-electron chi connectivity index (χ4n) is 4.06. The Balaban J connectivity index is 0.00000225. The molecule has 2 aliphatic rings. The van der Waals surface area contributed by atoms with Gasteiger partial charge in [-0.3, -0.25) is 0 Å². The van der Waals surface area contributed by atoms with E-state index in [1.165, 1.54) is 16.7 Å². The predicted octanol–water partition coefficient (Wildman–Crippen LogP) is 3.54. The Morgan fingerprint density at radius 2 is 1.75 bits per heavy atom. The molecule has 28 heavy (non-hydrogen) atoms. The average molecular weight is 421 g/mol. The van der Waals surface area contributed by atoms with Crippen molar-refractivity contribution >= 4 is 22.4 Å². The van der Waals surface area contributed by atoms with Crippen LogP contribution in [0.15, 0.2) is 48.5 Å². The molecule has 0 bridgehead atoms. The van der Waals surface area contributed by atoms with Crippen molar-refractivity contribution in [2.45, 2.75) is 50.6 Å². The van der Waals surface area contributed by atoms with E-state index >= 15 is 0 Å². The SMILES string of the molecule is Cl.N[C@H]1CCc2ccc(CNS(=O)(=O)CC3CC3)cc2[C@H]1Cc1ccccc1. The highest BCUT2D eigenvalue weighted by Gasteiger charge is 2.29. The van der Waals surface area contributed by atoms with Gasteiger partial charge in [0.15, 0.2) is 0 Å². The largest absolute Gasteiger partial charge is 0.327 e. The first-order chi connectivity index (χ1) is 13.0. The number of rotatable bonds is 7. The Morgan fingerprint density at radius 3 is 2.46 bits per heavy atom. The van der Waals surface area contributed by atoms with E-state index in [1.54, 1.807) is 0 Å². The lowest BCUT2D eigenvalue weighted by molar-refractivity contribution is 0.467. The molecule has 0 spiro atoms. The van der Waals surface area contributed by atoms with Gasteiger partial charge in [0.25, 0.3) is 0 Å². The monoisotopic (exact) mass is 420 g/mol. The highest BCUT2D eigenvalue weighted by atomic mass is 35.5. The van der Waals surface area contributed by atoms with Crippen LogP contribution in [-0.4, -0.2) is 20.2 Å². The molecule has 6 heteroatoms. The second-order valence-corrected chi connectivity index (χ2v) is 9.93. The molecule has 1 fully saturated rings. The minimum absolute atomic E-state index is 0. The molecule has 0 amide bonds. The first-order valence-electron chi connectivity index (χ1n) is 9.89. The molecule has 2 atom stereocenters. The van der Waals surface area contributed by atoms with Crippen LogP contribution in [0.4, 0.5) is 0 Å². The molecule has 0 aromatic heterocycles. The van der Waals surface area contributed by atoms with Crippen LogP contribution in [0.3, 0.4) is 0 Å². The number of hydrogen-bond donors (Lipinski definition) is 2. The lowest BCUT2D eigenvalue weighted by atomic mass is 9.76. The summed E-state index contributed by atoms with van der Waals surface area (Å²) in [6, 6.07) is 17.0. The van der Waals surface area contributed by atoms with Gasteiger partial charge in [-0.05, 0) is 60.3 Å². The van der Waals surface area contributed by atoms with E-state index in [0.29, 0.717) is 12.5 Å². The zero-order valence-electron chi connectivity index (χ0n) is 16.0. The van der Waals surface area contributed by atoms with Crippen molar-refractivity contribution in [3.05, 3.63) is 70.8 Å². The quantitative estimate of drug-likeness (QED) is 0.719. The number of nitrogens with one attached hydrogen (secondary N) is 1. The van der Waals surface area contributed by atoms with Gasteiger partial charge in [0.1, 0.15) is 0 Å². The van der Waals surface area contributed by atoms with Gasteiger partial charge in [0, 0.05) is 18.5 Å². The highest BCUT2D eigenvalue weighted by Crippen LogP contribution is 2.34. The Kier molecular flexibility index (Phi) is 6.81. The minimum atomic E-state index is -3.19. The van der Waals surface area contributed by atoms with Crippen LogP contribution in [0.5, 0.6) is 0 Å². The van der Waals surface area contributed by atoms with Crippen molar-refractivity contribution in [3.8, 4) is 0 Å². The first-order valence-corrected chi connectivity index (χ1v) is 11.5. The average Bonchev–Trinajstić information content (AvgIpc) is 3.46. The molecular weight excluding hydrogens is 392 g/mol. The summed E-state index contributed by atoms with van der Waals surface area (Å²) in [5.41, 5.74) is 11.4. The summed E-state index contributed by atoms with van der Waals surface area (Å²) in [5.74, 6) is 0.901. The Hall–Kier alpha value is -1.40. The van der Waals surface area contributed by atoms with Gasteiger partial charge in [-0.25, -0.2) is 13.1 Å². The van der Waals surface area contributed by atoms with Crippen molar-refractivity contribution in [3.63, 3.8) is 0 Å². The van der Waals surface area contributed by atoms with Crippen molar-refractivity contribution in [2.75, 3.05) is 5.75 Å². The highest BCUT2D eigenvalue weighted by molar-refractivity contribution is 7.89. The zero-order chi connectivity index (χ0) is 18.9. The molecule has 0 unspecified atom stereocenters. The van der Waals surface area contributed by atoms with Gasteiger partial charge >= 0.3 is 0 Å². The van der Waals surface area contributed by atoms with Crippen LogP contribution >= 0.6 is 12.4 Å². The minimum Gasteiger partial charge on any atom is -0.327 e. The number of halogens is 1. The Morgan fingerprint density at radius 1 is 1.00 bits per heavy atom. The topological polar surface area (TPSA) is 72.2 Å². The molecule has 2 aromatic carbocycles. The number of aryl methyl sites for hydroxylation is 1. The number of sulfonamides is 1. The molecule has 3 N–H and O–H groups in total. The van der Waals surface area contributed by atoms with Crippen molar-refractivity contribution < 1.29 is 8.42 Å². The van der Waals surface area contributed by atoms with E-state index in [2.05, 4.69) is 47.2 Å². The first kappa shape index (κ1) is 21.3. The summed E-state index contributed by atoms with van der Waals surface area (Å²) in [5, 5.41) is 0. The number of benzene rings is 2. The Labute approximate surface area is 174 Å². The molecule has 0 heterocycles. The maximum atomic E-state index is 12.2. The summed E-state index contributed by atoms with van der Waals surface area (Å²) in [4.78, 5) is 0. The summed E-state index contributed by atoms with van der Waals surface area (Å²) in [6.45, 7) is 0.357. The second-order valence-electron chi connectivity index (χ2n) is 8.08. The predicted molar refractivity (Wildman–Crippen MR) is 116 cm³/mol. The van der Waals surface area contributed by atoms with E-state index in [9.17, 15) is 8.42 Å². The van der Waals surface area contributed by atoms with Gasteiger partial charge in [0.05, 0.1) is 5.75 Å². The summed E-state index contributed by atoms with van der Waals surface area (Å²) in [6.07, 6.45) is 5.00. The fourth-order valence-corrected chi connectivity index (χ4v) is 5.52. The Bertz CT molecular complexity index is 898. The van der Waals surface area contributed by atoms with Crippen LogP contribution in [0.25, 0.3) is 0 Å². The van der Waals surface area contributed by atoms with E-state index in [1.807, 2.05) is 6.07 Å². The van der Waals surface area contributed by atoms with Crippen LogP contribution in [0, 0.1) is 5.92 Å². The van der Waals surface area contributed by atoms with Crippen molar-refractivity contribution in [1.29, 1.82) is 0 Å². The second kappa shape index (κ2) is 8.95. The number of hydrogen-bond acceptors (Lipinski definition) is 3. The maximum Gasteiger partial charge on any atom is 0.212 e. The standard InChI is InChI=1S/C22H28N2O2S.ClH/c23-22-11-10-19-9-8-18(14-24-27(25,26)15-17-6-7-17)13-20(19)21(22)12-16-4-2-1-3-5-16;/h1-5,8-9,13,17,21-22,24H,6-7,10-12,14-15,23H2;1H/t21-,22+;/m1./s1. The third-order valence-corrected chi connectivity index (χ3v) is 7.31. The van der Waals surface area contributed by atoms with Gasteiger partial charge in [-0.1, -0.05) is 48.5 Å². The zero-order valence-corrected chi connectivity index (χ0v) is 17.6. The number of nitrogens with two attached hydrogens (primary N) is 1. The molecule has 2 aliphatic carbocycles. The van der Waals surface area contributed by atoms with Crippen LogP contribution < -0.4 is 10.5 Å². The van der Waals surface area contributed by atoms with E-state index in [0.717, 1.165) is 37.7 Å². The lowest BCUT2D eigenvalue weighted by Gasteiger charge is -2.32. The molecule has 4 nitrogen and oxygen atoms in total. The normalized spacial score (nSPS) is 21.6. The summed E-state index contributed by atoms with van der Waals surface area (Å²) < 4.78 is 27.1. The van der Waals surface area contributed by atoms with Crippen LogP contribution in [0.1, 0.15) is 47.4 Å². The van der Waals surface area contributed by atoms with E-state index in [4.69, 9.17) is 5.73 Å². The third kappa shape index (κ3) is 5.35. The van der Waals surface area contributed by atoms with Gasteiger partial charge in [-0.2, -0.15) is 0 Å². The summed E-state index contributed by atoms with van der Waals surface area (Å²) in [7, 11) is -3.19. The third-order valence-electron chi connectivity index (χ3n) is 5.82. The number of fused-ring (bicyclic) bond motifs is 1. The van der Waals surface area contributed by atoms with E-state index in [-0.39, 0.29) is 30.1 Å². The van der Waals surface area contributed by atoms with E-state index < -0.39 is 10.0 Å². The van der Waals surface area contributed by atoms with Crippen molar-refractivity contribution in [2.24, 2.45) is 11.7 Å². The summed E-state index contributed by atoms with van der Waals surface area (Å²) >= 11 is 0. The molecule has 152 valence electrons. The lowest BCUT2D eigenvalue weighted by Crippen LogP contribution is -2.34. The van der Waals surface area contributed by atoms with Gasteiger partial charge in [0.2, 0.25) is 10.0 Å². The van der Waals surface area contributed by atoms with Gasteiger partial charge < -0.3 is 5.73 Å². The van der Waals surface area contributed by atoms with Gasteiger partial charge in [-0.15, -0.1) is 12.4 Å². The molecule has 0 saturated heterocycles. The fraction of sp³-hybridized carbons (Fsp3) is 0.455. The molecule has 0 radical (unpaired) electrons. The molecule has 4 rings (SSSR count). The van der Waals surface area contributed by atoms with Crippen molar-refractivity contribution in [1.82, 2.24) is 4.72 Å². The van der Waals surface area contributed by atoms with Crippen LogP contribution in [0.2, 0.25) is 0 Å². The molecular formula is C22H29ClN2O2S. The maximum absolute atomic E-state index is 12.2.